The lowest BCUT2D eigenvalue weighted by atomic mass is 10.2. The van der Waals surface area contributed by atoms with Crippen LogP contribution in [0.15, 0.2) is 12.1 Å². The van der Waals surface area contributed by atoms with Gasteiger partial charge in [-0.05, 0) is 19.4 Å². The van der Waals surface area contributed by atoms with Crippen molar-refractivity contribution in [3.05, 3.63) is 22.7 Å². The minimum atomic E-state index is -0.427. The van der Waals surface area contributed by atoms with Gasteiger partial charge >= 0.3 is 5.97 Å². The second-order valence-corrected chi connectivity index (χ2v) is 7.47. The van der Waals surface area contributed by atoms with Gasteiger partial charge < -0.3 is 14.2 Å². The molecule has 1 atom stereocenters. The second-order valence-electron chi connectivity index (χ2n) is 4.79. The molecule has 1 aliphatic heterocycles. The predicted octanol–water partition coefficient (Wildman–Crippen LogP) is 2.66. The van der Waals surface area contributed by atoms with E-state index in [1.165, 1.54) is 7.11 Å². The third-order valence-corrected chi connectivity index (χ3v) is 4.74. The Morgan fingerprint density at radius 3 is 2.75 bits per heavy atom. The fourth-order valence-corrected chi connectivity index (χ4v) is 3.22. The van der Waals surface area contributed by atoms with Gasteiger partial charge in [-0.15, -0.1) is 0 Å². The van der Waals surface area contributed by atoms with E-state index < -0.39 is 13.9 Å². The molecule has 0 spiro atoms. The van der Waals surface area contributed by atoms with Crippen LogP contribution in [-0.2, 0) is 9.47 Å². The van der Waals surface area contributed by atoms with E-state index in [2.05, 4.69) is 13.3 Å². The zero-order valence-corrected chi connectivity index (χ0v) is 13.5. The first-order valence-electron chi connectivity index (χ1n) is 6.36. The summed E-state index contributed by atoms with van der Waals surface area (Å²) < 4.78 is 16.0. The highest BCUT2D eigenvalue weighted by Gasteiger charge is 2.22. The molecule has 1 saturated heterocycles. The van der Waals surface area contributed by atoms with Crippen molar-refractivity contribution in [2.24, 2.45) is 0 Å². The fraction of sp³-hybridized carbons (Fsp3) is 0.500. The SMILES string of the molecule is COC(=O)c1cc(P(C)C)c(OC2CCOC2)cc1Cl. The summed E-state index contributed by atoms with van der Waals surface area (Å²) in [7, 11) is 0.919. The van der Waals surface area contributed by atoms with Crippen LogP contribution in [0.25, 0.3) is 0 Å². The lowest BCUT2D eigenvalue weighted by Gasteiger charge is -2.19. The molecular weight excluding hydrogens is 299 g/mol. The van der Waals surface area contributed by atoms with Crippen LogP contribution in [0.2, 0.25) is 5.02 Å². The molecule has 0 radical (unpaired) electrons. The maximum atomic E-state index is 11.7. The summed E-state index contributed by atoms with van der Waals surface area (Å²) in [5.41, 5.74) is 0.385. The van der Waals surface area contributed by atoms with Crippen LogP contribution in [0.3, 0.4) is 0 Å². The molecule has 0 amide bonds. The number of carbonyl (C=O) groups is 1. The number of hydrogen-bond donors (Lipinski definition) is 0. The Morgan fingerprint density at radius 1 is 1.45 bits per heavy atom. The molecule has 20 heavy (non-hydrogen) atoms. The van der Waals surface area contributed by atoms with Gasteiger partial charge in [-0.1, -0.05) is 19.5 Å². The van der Waals surface area contributed by atoms with Gasteiger partial charge in [0.2, 0.25) is 0 Å². The summed E-state index contributed by atoms with van der Waals surface area (Å²) in [4.78, 5) is 11.7. The van der Waals surface area contributed by atoms with Gasteiger partial charge in [0.05, 0.1) is 30.9 Å². The Bertz CT molecular complexity index is 498. The topological polar surface area (TPSA) is 44.8 Å². The first-order chi connectivity index (χ1) is 9.52. The summed E-state index contributed by atoms with van der Waals surface area (Å²) in [6.07, 6.45) is 0.935. The number of methoxy groups -OCH3 is 1. The number of ether oxygens (including phenoxy) is 3. The average molecular weight is 317 g/mol. The van der Waals surface area contributed by atoms with Gasteiger partial charge in [-0.2, -0.15) is 0 Å². The van der Waals surface area contributed by atoms with Crippen LogP contribution < -0.4 is 10.0 Å². The highest BCUT2D eigenvalue weighted by Crippen LogP contribution is 2.34. The molecule has 0 saturated carbocycles. The molecule has 0 aromatic heterocycles. The number of hydrogen-bond acceptors (Lipinski definition) is 4. The average Bonchev–Trinajstić information content (AvgIpc) is 2.90. The molecule has 2 rings (SSSR count). The van der Waals surface area contributed by atoms with Crippen molar-refractivity contribution < 1.29 is 19.0 Å². The summed E-state index contributed by atoms with van der Waals surface area (Å²) in [5, 5.41) is 1.36. The third-order valence-electron chi connectivity index (χ3n) is 3.12. The molecule has 0 aliphatic carbocycles. The predicted molar refractivity (Wildman–Crippen MR) is 81.0 cm³/mol. The lowest BCUT2D eigenvalue weighted by Crippen LogP contribution is -2.20. The highest BCUT2D eigenvalue weighted by molar-refractivity contribution is 7.64. The van der Waals surface area contributed by atoms with E-state index >= 15 is 0 Å². The minimum absolute atomic E-state index is 0.0590. The molecule has 4 nitrogen and oxygen atoms in total. The van der Waals surface area contributed by atoms with E-state index in [9.17, 15) is 4.79 Å². The Balaban J connectivity index is 2.34. The van der Waals surface area contributed by atoms with Crippen molar-refractivity contribution in [1.29, 1.82) is 0 Å². The fourth-order valence-electron chi connectivity index (χ4n) is 2.04. The van der Waals surface area contributed by atoms with E-state index in [1.807, 2.05) is 0 Å². The van der Waals surface area contributed by atoms with Gasteiger partial charge in [0, 0.05) is 17.8 Å². The van der Waals surface area contributed by atoms with Gasteiger partial charge in [-0.3, -0.25) is 0 Å². The molecule has 1 fully saturated rings. The van der Waals surface area contributed by atoms with E-state index in [0.717, 1.165) is 24.1 Å². The Hall–Kier alpha value is -0.830. The Labute approximate surface area is 125 Å². The van der Waals surface area contributed by atoms with Crippen molar-refractivity contribution >= 4 is 30.8 Å². The molecule has 110 valence electrons. The molecule has 1 heterocycles. The molecule has 1 unspecified atom stereocenters. The van der Waals surface area contributed by atoms with Crippen molar-refractivity contribution in [3.8, 4) is 5.75 Å². The van der Waals surface area contributed by atoms with E-state index in [-0.39, 0.29) is 6.10 Å². The van der Waals surface area contributed by atoms with Crippen molar-refractivity contribution in [3.63, 3.8) is 0 Å². The monoisotopic (exact) mass is 316 g/mol. The molecule has 6 heteroatoms. The van der Waals surface area contributed by atoms with Crippen molar-refractivity contribution in [2.45, 2.75) is 12.5 Å². The third kappa shape index (κ3) is 3.43. The molecular formula is C14H18ClO4P. The van der Waals surface area contributed by atoms with Gasteiger partial charge in [0.1, 0.15) is 11.9 Å². The smallest absolute Gasteiger partial charge is 0.339 e. The van der Waals surface area contributed by atoms with Crippen LogP contribution in [0.5, 0.6) is 5.75 Å². The summed E-state index contributed by atoms with van der Waals surface area (Å²) in [6.45, 7) is 5.54. The van der Waals surface area contributed by atoms with Crippen LogP contribution in [0, 0.1) is 0 Å². The van der Waals surface area contributed by atoms with E-state index in [4.69, 9.17) is 25.8 Å². The second kappa shape index (κ2) is 6.75. The lowest BCUT2D eigenvalue weighted by molar-refractivity contribution is 0.0601. The molecule has 1 aromatic rings. The standard InChI is InChI=1S/C14H18ClO4P/c1-17-14(16)10-6-13(20(2)3)12(7-11(10)15)19-9-4-5-18-8-9/h6-7,9H,4-5,8H2,1-3H3. The zero-order chi connectivity index (χ0) is 14.7. The molecule has 1 aromatic carbocycles. The zero-order valence-electron chi connectivity index (χ0n) is 11.8. The molecule has 0 bridgehead atoms. The normalized spacial score (nSPS) is 18.4. The van der Waals surface area contributed by atoms with Gasteiger partial charge in [0.15, 0.2) is 0 Å². The molecule has 1 aliphatic rings. The number of esters is 1. The largest absolute Gasteiger partial charge is 0.487 e. The number of rotatable bonds is 4. The van der Waals surface area contributed by atoms with Gasteiger partial charge in [0.25, 0.3) is 0 Å². The minimum Gasteiger partial charge on any atom is -0.487 e. The summed E-state index contributed by atoms with van der Waals surface area (Å²) in [5.74, 6) is 0.318. The molecule has 0 N–H and O–H groups in total. The quantitative estimate of drug-likeness (QED) is 0.633. The van der Waals surface area contributed by atoms with Crippen LogP contribution in [0.4, 0.5) is 0 Å². The van der Waals surface area contributed by atoms with E-state index in [1.54, 1.807) is 12.1 Å². The Kier molecular flexibility index (Phi) is 5.25. The van der Waals surface area contributed by atoms with E-state index in [0.29, 0.717) is 17.2 Å². The first-order valence-corrected chi connectivity index (χ1v) is 8.98. The number of halogens is 1. The van der Waals surface area contributed by atoms with Crippen molar-refractivity contribution in [1.82, 2.24) is 0 Å². The summed E-state index contributed by atoms with van der Waals surface area (Å²) in [6, 6.07) is 3.49. The van der Waals surface area contributed by atoms with Gasteiger partial charge in [-0.25, -0.2) is 4.79 Å². The highest BCUT2D eigenvalue weighted by atomic mass is 35.5. The van der Waals surface area contributed by atoms with Crippen molar-refractivity contribution in [2.75, 3.05) is 33.7 Å². The van der Waals surface area contributed by atoms with Crippen LogP contribution >= 0.6 is 19.5 Å². The summed E-state index contributed by atoms with van der Waals surface area (Å²) >= 11 is 6.16. The first kappa shape index (κ1) is 15.6. The van der Waals surface area contributed by atoms with Crippen LogP contribution in [0.1, 0.15) is 16.8 Å². The number of benzene rings is 1. The van der Waals surface area contributed by atoms with Crippen LogP contribution in [-0.4, -0.2) is 45.7 Å². The number of carbonyl (C=O) groups excluding carboxylic acids is 1. The Morgan fingerprint density at radius 2 is 2.20 bits per heavy atom. The maximum absolute atomic E-state index is 11.7. The maximum Gasteiger partial charge on any atom is 0.339 e.